The van der Waals surface area contributed by atoms with Crippen molar-refractivity contribution < 1.29 is 9.36 Å². The van der Waals surface area contributed by atoms with E-state index >= 15 is 0 Å². The second-order valence-electron chi connectivity index (χ2n) is 5.08. The molecule has 2 aromatic carbocycles. The van der Waals surface area contributed by atoms with E-state index in [2.05, 4.69) is 11.9 Å². The summed E-state index contributed by atoms with van der Waals surface area (Å²) in [4.78, 5) is 12.2. The second-order valence-corrected chi connectivity index (χ2v) is 5.08. The van der Waals surface area contributed by atoms with Crippen LogP contribution < -0.4 is 9.88 Å². The summed E-state index contributed by atoms with van der Waals surface area (Å²) in [6.07, 6.45) is 3.63. The van der Waals surface area contributed by atoms with Gasteiger partial charge in [-0.05, 0) is 17.7 Å². The van der Waals surface area contributed by atoms with Crippen LogP contribution >= 0.6 is 0 Å². The van der Waals surface area contributed by atoms with Crippen molar-refractivity contribution in [2.24, 2.45) is 0 Å². The number of aromatic nitrogens is 2. The van der Waals surface area contributed by atoms with Crippen molar-refractivity contribution in [2.45, 2.75) is 13.1 Å². The maximum atomic E-state index is 12.2. The van der Waals surface area contributed by atoms with E-state index in [1.807, 2.05) is 70.1 Å². The summed E-state index contributed by atoms with van der Waals surface area (Å²) < 4.78 is 3.84. The molecule has 110 valence electrons. The van der Waals surface area contributed by atoms with Gasteiger partial charge >= 0.3 is 0 Å². The van der Waals surface area contributed by atoms with Crippen LogP contribution in [0.25, 0.3) is 17.2 Å². The van der Waals surface area contributed by atoms with Gasteiger partial charge in [-0.25, -0.2) is 9.13 Å². The molecule has 0 aliphatic carbocycles. The van der Waals surface area contributed by atoms with Crippen LogP contribution in [0, 0.1) is 0 Å². The zero-order valence-corrected chi connectivity index (χ0v) is 12.3. The van der Waals surface area contributed by atoms with E-state index in [0.29, 0.717) is 6.54 Å². The molecular weight excluding hydrogens is 274 g/mol. The number of para-hydroxylation sites is 2. The van der Waals surface area contributed by atoms with Gasteiger partial charge in [-0.3, -0.25) is 4.79 Å². The third-order valence-electron chi connectivity index (χ3n) is 3.58. The van der Waals surface area contributed by atoms with Crippen LogP contribution in [0.2, 0.25) is 0 Å². The number of imidazole rings is 1. The van der Waals surface area contributed by atoms with E-state index in [4.69, 9.17) is 0 Å². The molecule has 4 heteroatoms. The van der Waals surface area contributed by atoms with E-state index in [-0.39, 0.29) is 12.5 Å². The topological polar surface area (TPSA) is 37.9 Å². The smallest absolute Gasteiger partial charge is 0.262 e. The van der Waals surface area contributed by atoms with Crippen molar-refractivity contribution in [3.8, 4) is 0 Å². The fourth-order valence-corrected chi connectivity index (χ4v) is 2.48. The molecule has 0 bridgehead atoms. The standard InChI is InChI=1S/C18H17N3O/c1-2-20-14-21(17-11-7-6-10-16(17)20)13-18(22)19-12-15-8-4-3-5-9-15/h2-11,14H,1,12-13H2/p+1. The summed E-state index contributed by atoms with van der Waals surface area (Å²) in [6, 6.07) is 17.8. The molecule has 0 fully saturated rings. The van der Waals surface area contributed by atoms with Crippen molar-refractivity contribution in [1.82, 2.24) is 9.88 Å². The summed E-state index contributed by atoms with van der Waals surface area (Å²) in [6.45, 7) is 4.63. The lowest BCUT2D eigenvalue weighted by atomic mass is 10.2. The Morgan fingerprint density at radius 2 is 1.86 bits per heavy atom. The van der Waals surface area contributed by atoms with Crippen LogP contribution in [-0.2, 0) is 17.9 Å². The molecule has 0 saturated carbocycles. The van der Waals surface area contributed by atoms with Gasteiger partial charge in [0.1, 0.15) is 0 Å². The molecule has 0 atom stereocenters. The SMILES string of the molecule is C=Cn1c[n+](CC(=O)NCc2ccccc2)c2ccccc21. The van der Waals surface area contributed by atoms with E-state index in [9.17, 15) is 4.79 Å². The number of nitrogens with zero attached hydrogens (tertiary/aromatic N) is 2. The van der Waals surface area contributed by atoms with Gasteiger partial charge in [0.2, 0.25) is 6.33 Å². The van der Waals surface area contributed by atoms with Crippen LogP contribution in [0.4, 0.5) is 0 Å². The maximum Gasteiger partial charge on any atom is 0.262 e. The van der Waals surface area contributed by atoms with Gasteiger partial charge in [0, 0.05) is 6.54 Å². The van der Waals surface area contributed by atoms with Crippen LogP contribution in [0.1, 0.15) is 5.56 Å². The fourth-order valence-electron chi connectivity index (χ4n) is 2.48. The summed E-state index contributed by atoms with van der Waals surface area (Å²) in [7, 11) is 0. The van der Waals surface area contributed by atoms with Crippen LogP contribution in [-0.4, -0.2) is 10.5 Å². The molecule has 3 rings (SSSR count). The Hall–Kier alpha value is -2.88. The van der Waals surface area contributed by atoms with Crippen molar-refractivity contribution in [3.63, 3.8) is 0 Å². The quantitative estimate of drug-likeness (QED) is 0.720. The molecule has 1 heterocycles. The van der Waals surface area contributed by atoms with Crippen LogP contribution in [0.3, 0.4) is 0 Å². The molecule has 0 aliphatic heterocycles. The monoisotopic (exact) mass is 292 g/mol. The number of amides is 1. The molecule has 0 unspecified atom stereocenters. The first-order valence-electron chi connectivity index (χ1n) is 7.20. The summed E-state index contributed by atoms with van der Waals surface area (Å²) >= 11 is 0. The Bertz CT molecular complexity index is 806. The Morgan fingerprint density at radius 1 is 1.14 bits per heavy atom. The Morgan fingerprint density at radius 3 is 2.64 bits per heavy atom. The highest BCUT2D eigenvalue weighted by Gasteiger charge is 2.15. The molecule has 3 aromatic rings. The first-order chi connectivity index (χ1) is 10.8. The van der Waals surface area contributed by atoms with E-state index in [1.165, 1.54) is 0 Å². The minimum absolute atomic E-state index is 0.0131. The molecule has 22 heavy (non-hydrogen) atoms. The maximum absolute atomic E-state index is 12.2. The minimum Gasteiger partial charge on any atom is -0.349 e. The summed E-state index contributed by atoms with van der Waals surface area (Å²) in [5.41, 5.74) is 3.14. The number of benzene rings is 2. The van der Waals surface area contributed by atoms with E-state index in [1.54, 1.807) is 6.20 Å². The third-order valence-corrected chi connectivity index (χ3v) is 3.58. The molecule has 1 aromatic heterocycles. The second kappa shape index (κ2) is 6.26. The van der Waals surface area contributed by atoms with Crippen molar-refractivity contribution >= 4 is 23.1 Å². The summed E-state index contributed by atoms with van der Waals surface area (Å²) in [5.74, 6) is -0.0131. The third kappa shape index (κ3) is 2.91. The first kappa shape index (κ1) is 14.1. The lowest BCUT2D eigenvalue weighted by Crippen LogP contribution is -2.41. The molecule has 0 radical (unpaired) electrons. The highest BCUT2D eigenvalue weighted by atomic mass is 16.1. The number of hydrogen-bond acceptors (Lipinski definition) is 1. The Kier molecular flexibility index (Phi) is 4.01. The van der Waals surface area contributed by atoms with Crippen molar-refractivity contribution in [2.75, 3.05) is 0 Å². The molecule has 0 saturated heterocycles. The van der Waals surface area contributed by atoms with Crippen LogP contribution in [0.5, 0.6) is 0 Å². The predicted octanol–water partition coefficient (Wildman–Crippen LogP) is 2.35. The van der Waals surface area contributed by atoms with Gasteiger partial charge < -0.3 is 5.32 Å². The summed E-state index contributed by atoms with van der Waals surface area (Å²) in [5, 5.41) is 2.94. The van der Waals surface area contributed by atoms with Gasteiger partial charge in [0.15, 0.2) is 17.6 Å². The average molecular weight is 292 g/mol. The lowest BCUT2D eigenvalue weighted by Gasteiger charge is -2.03. The number of hydrogen-bond donors (Lipinski definition) is 1. The van der Waals surface area contributed by atoms with Crippen LogP contribution in [0.15, 0.2) is 67.5 Å². The highest BCUT2D eigenvalue weighted by Crippen LogP contribution is 2.10. The minimum atomic E-state index is -0.0131. The number of carbonyl (C=O) groups is 1. The van der Waals surface area contributed by atoms with Crippen molar-refractivity contribution in [3.05, 3.63) is 73.1 Å². The van der Waals surface area contributed by atoms with Gasteiger partial charge in [0.25, 0.3) is 5.91 Å². The van der Waals surface area contributed by atoms with Gasteiger partial charge in [-0.1, -0.05) is 49.0 Å². The molecular formula is C18H18N3O+. The molecule has 1 amide bonds. The molecule has 0 aliphatic rings. The van der Waals surface area contributed by atoms with E-state index in [0.717, 1.165) is 16.6 Å². The lowest BCUT2D eigenvalue weighted by molar-refractivity contribution is -0.658. The highest BCUT2D eigenvalue weighted by molar-refractivity contribution is 5.77. The molecule has 0 spiro atoms. The average Bonchev–Trinajstić information content (AvgIpc) is 2.92. The number of rotatable bonds is 5. The first-order valence-corrected chi connectivity index (χ1v) is 7.20. The number of fused-ring (bicyclic) bond motifs is 1. The number of carbonyl (C=O) groups excluding carboxylic acids is 1. The normalized spacial score (nSPS) is 10.5. The fraction of sp³-hybridized carbons (Fsp3) is 0.111. The van der Waals surface area contributed by atoms with Gasteiger partial charge in [-0.15, -0.1) is 0 Å². The number of nitrogens with one attached hydrogen (secondary N) is 1. The molecule has 1 N–H and O–H groups in total. The molecule has 4 nitrogen and oxygen atoms in total. The zero-order valence-electron chi connectivity index (χ0n) is 12.3. The zero-order chi connectivity index (χ0) is 15.4. The van der Waals surface area contributed by atoms with Crippen molar-refractivity contribution in [1.29, 1.82) is 0 Å². The van der Waals surface area contributed by atoms with Gasteiger partial charge in [-0.2, -0.15) is 0 Å². The predicted molar refractivity (Wildman–Crippen MR) is 86.8 cm³/mol. The van der Waals surface area contributed by atoms with Gasteiger partial charge in [0.05, 0.1) is 6.20 Å². The van der Waals surface area contributed by atoms with E-state index < -0.39 is 0 Å². The Balaban J connectivity index is 1.73. The Labute approximate surface area is 129 Å². The largest absolute Gasteiger partial charge is 0.349 e.